The van der Waals surface area contributed by atoms with Crippen LogP contribution in [0.1, 0.15) is 50.0 Å². The van der Waals surface area contributed by atoms with E-state index in [0.29, 0.717) is 31.8 Å². The van der Waals surface area contributed by atoms with Crippen molar-refractivity contribution in [2.45, 2.75) is 50.0 Å². The molecule has 3 rings (SSSR count). The fourth-order valence-corrected chi connectivity index (χ4v) is 3.62. The van der Waals surface area contributed by atoms with Gasteiger partial charge in [0, 0.05) is 13.1 Å². The third-order valence-electron chi connectivity index (χ3n) is 4.95. The highest BCUT2D eigenvalue weighted by Gasteiger charge is 2.42. The third-order valence-corrected chi connectivity index (χ3v) is 4.95. The van der Waals surface area contributed by atoms with Gasteiger partial charge in [-0.05, 0) is 62.1 Å². The Labute approximate surface area is 124 Å². The molecule has 1 N–H and O–H groups in total. The van der Waals surface area contributed by atoms with Crippen molar-refractivity contribution in [3.8, 4) is 0 Å². The third kappa shape index (κ3) is 2.95. The molecule has 3 nitrogen and oxygen atoms in total. The Morgan fingerprint density at radius 1 is 1.14 bits per heavy atom. The Bertz CT molecular complexity index is 500. The van der Waals surface area contributed by atoms with Crippen molar-refractivity contribution < 1.29 is 14.3 Å². The first kappa shape index (κ1) is 14.5. The molecule has 0 aromatic heterocycles. The van der Waals surface area contributed by atoms with Crippen LogP contribution in [0.3, 0.4) is 0 Å². The van der Waals surface area contributed by atoms with Gasteiger partial charge in [-0.3, -0.25) is 4.79 Å². The number of amides is 1. The first-order valence-corrected chi connectivity index (χ1v) is 7.86. The van der Waals surface area contributed by atoms with Crippen LogP contribution < -0.4 is 0 Å². The molecule has 0 atom stereocenters. The van der Waals surface area contributed by atoms with Crippen LogP contribution in [0.4, 0.5) is 4.39 Å². The fourth-order valence-electron chi connectivity index (χ4n) is 3.62. The second-order valence-electron chi connectivity index (χ2n) is 6.36. The number of hydrogen-bond donors (Lipinski definition) is 1. The highest BCUT2D eigenvalue weighted by molar-refractivity contribution is 5.85. The van der Waals surface area contributed by atoms with Crippen LogP contribution in [-0.2, 0) is 4.79 Å². The summed E-state index contributed by atoms with van der Waals surface area (Å²) in [5.41, 5.74) is 0.0333. The predicted octanol–water partition coefficient (Wildman–Crippen LogP) is 2.84. The maximum atomic E-state index is 13.0. The lowest BCUT2D eigenvalue weighted by Crippen LogP contribution is -2.49. The number of hydrogen-bond acceptors (Lipinski definition) is 2. The molecule has 1 heterocycles. The molecule has 1 aliphatic carbocycles. The van der Waals surface area contributed by atoms with E-state index in [1.54, 1.807) is 0 Å². The van der Waals surface area contributed by atoms with Crippen molar-refractivity contribution in [2.75, 3.05) is 13.1 Å². The molecule has 21 heavy (non-hydrogen) atoms. The Morgan fingerprint density at radius 3 is 2.29 bits per heavy atom. The molecule has 114 valence electrons. The van der Waals surface area contributed by atoms with E-state index in [-0.39, 0.29) is 11.7 Å². The highest BCUT2D eigenvalue weighted by atomic mass is 19.1. The standard InChI is InChI=1S/C17H22FNO2/c18-15-5-3-13(4-6-15)14-7-11-19(12-8-14)16(20)17(21)9-1-2-10-17/h3-6,14,21H,1-2,7-12H2. The number of likely N-dealkylation sites (tertiary alicyclic amines) is 1. The van der Waals surface area contributed by atoms with Gasteiger partial charge in [0.25, 0.3) is 5.91 Å². The molecule has 1 aliphatic heterocycles. The summed E-state index contributed by atoms with van der Waals surface area (Å²) in [5, 5.41) is 10.4. The van der Waals surface area contributed by atoms with E-state index in [0.717, 1.165) is 31.2 Å². The van der Waals surface area contributed by atoms with Crippen LogP contribution in [0.2, 0.25) is 0 Å². The van der Waals surface area contributed by atoms with Crippen LogP contribution in [0, 0.1) is 5.82 Å². The maximum Gasteiger partial charge on any atom is 0.254 e. The van der Waals surface area contributed by atoms with Gasteiger partial charge in [0.2, 0.25) is 0 Å². The smallest absolute Gasteiger partial charge is 0.254 e. The van der Waals surface area contributed by atoms with E-state index in [2.05, 4.69) is 0 Å². The molecule has 1 aromatic rings. The second kappa shape index (κ2) is 5.76. The van der Waals surface area contributed by atoms with Crippen molar-refractivity contribution >= 4 is 5.91 Å². The number of halogens is 1. The number of benzene rings is 1. The quantitative estimate of drug-likeness (QED) is 0.910. The monoisotopic (exact) mass is 291 g/mol. The molecule has 2 fully saturated rings. The van der Waals surface area contributed by atoms with Gasteiger partial charge in [0.1, 0.15) is 11.4 Å². The molecule has 1 aromatic carbocycles. The molecule has 2 aliphatic rings. The summed E-state index contributed by atoms with van der Waals surface area (Å²) >= 11 is 0. The second-order valence-corrected chi connectivity index (χ2v) is 6.36. The summed E-state index contributed by atoms with van der Waals surface area (Å²) in [6.45, 7) is 1.37. The van der Waals surface area contributed by atoms with E-state index in [4.69, 9.17) is 0 Å². The minimum atomic E-state index is -1.11. The molecular formula is C17H22FNO2. The van der Waals surface area contributed by atoms with E-state index < -0.39 is 5.60 Å². The van der Waals surface area contributed by atoms with E-state index in [1.165, 1.54) is 12.1 Å². The van der Waals surface area contributed by atoms with Crippen LogP contribution in [0.15, 0.2) is 24.3 Å². The number of aliphatic hydroxyl groups is 1. The SMILES string of the molecule is O=C(N1CCC(c2ccc(F)cc2)CC1)C1(O)CCCC1. The van der Waals surface area contributed by atoms with E-state index in [1.807, 2.05) is 17.0 Å². The Hall–Kier alpha value is -1.42. The summed E-state index contributed by atoms with van der Waals surface area (Å²) in [6.07, 6.45) is 4.84. The lowest BCUT2D eigenvalue weighted by atomic mass is 9.88. The van der Waals surface area contributed by atoms with Crippen molar-refractivity contribution in [1.82, 2.24) is 4.90 Å². The van der Waals surface area contributed by atoms with Gasteiger partial charge in [-0.1, -0.05) is 12.1 Å². The normalized spacial score (nSPS) is 22.5. The Balaban J connectivity index is 1.60. The average Bonchev–Trinajstić information content (AvgIpc) is 2.96. The molecule has 4 heteroatoms. The number of carbonyl (C=O) groups is 1. The highest BCUT2D eigenvalue weighted by Crippen LogP contribution is 2.34. The zero-order valence-electron chi connectivity index (χ0n) is 12.2. The van der Waals surface area contributed by atoms with E-state index in [9.17, 15) is 14.3 Å². The van der Waals surface area contributed by atoms with Gasteiger partial charge in [0.05, 0.1) is 0 Å². The van der Waals surface area contributed by atoms with Crippen molar-refractivity contribution in [1.29, 1.82) is 0 Å². The summed E-state index contributed by atoms with van der Waals surface area (Å²) < 4.78 is 13.0. The zero-order chi connectivity index (χ0) is 14.9. The fraction of sp³-hybridized carbons (Fsp3) is 0.588. The van der Waals surface area contributed by atoms with Crippen LogP contribution >= 0.6 is 0 Å². The summed E-state index contributed by atoms with van der Waals surface area (Å²) in [6, 6.07) is 6.66. The molecule has 1 saturated heterocycles. The van der Waals surface area contributed by atoms with Gasteiger partial charge in [-0.2, -0.15) is 0 Å². The summed E-state index contributed by atoms with van der Waals surface area (Å²) in [5.74, 6) is 0.0836. The Morgan fingerprint density at radius 2 is 1.71 bits per heavy atom. The topological polar surface area (TPSA) is 40.5 Å². The molecule has 0 spiro atoms. The Kier molecular flexibility index (Phi) is 3.98. The number of piperidine rings is 1. The van der Waals surface area contributed by atoms with Crippen LogP contribution in [-0.4, -0.2) is 34.6 Å². The van der Waals surface area contributed by atoms with E-state index >= 15 is 0 Å². The summed E-state index contributed by atoms with van der Waals surface area (Å²) in [7, 11) is 0. The van der Waals surface area contributed by atoms with Gasteiger partial charge in [-0.15, -0.1) is 0 Å². The lowest BCUT2D eigenvalue weighted by molar-refractivity contribution is -0.151. The molecular weight excluding hydrogens is 269 g/mol. The van der Waals surface area contributed by atoms with Crippen molar-refractivity contribution in [3.63, 3.8) is 0 Å². The average molecular weight is 291 g/mol. The van der Waals surface area contributed by atoms with Crippen LogP contribution in [0.5, 0.6) is 0 Å². The summed E-state index contributed by atoms with van der Waals surface area (Å²) in [4.78, 5) is 14.2. The number of carbonyl (C=O) groups excluding carboxylic acids is 1. The maximum absolute atomic E-state index is 13.0. The van der Waals surface area contributed by atoms with Gasteiger partial charge in [0.15, 0.2) is 0 Å². The molecule has 0 unspecified atom stereocenters. The molecule has 0 radical (unpaired) electrons. The van der Waals surface area contributed by atoms with Gasteiger partial charge < -0.3 is 10.0 Å². The predicted molar refractivity (Wildman–Crippen MR) is 78.4 cm³/mol. The molecule has 1 amide bonds. The van der Waals surface area contributed by atoms with Gasteiger partial charge in [-0.25, -0.2) is 4.39 Å². The molecule has 0 bridgehead atoms. The van der Waals surface area contributed by atoms with Crippen molar-refractivity contribution in [2.24, 2.45) is 0 Å². The minimum Gasteiger partial charge on any atom is -0.380 e. The minimum absolute atomic E-state index is 0.0856. The van der Waals surface area contributed by atoms with Crippen LogP contribution in [0.25, 0.3) is 0 Å². The van der Waals surface area contributed by atoms with Gasteiger partial charge >= 0.3 is 0 Å². The lowest BCUT2D eigenvalue weighted by Gasteiger charge is -2.36. The molecule has 1 saturated carbocycles. The number of nitrogens with zero attached hydrogens (tertiary/aromatic N) is 1. The zero-order valence-corrected chi connectivity index (χ0v) is 12.2. The first-order chi connectivity index (χ1) is 10.1. The number of rotatable bonds is 2. The first-order valence-electron chi connectivity index (χ1n) is 7.86. The largest absolute Gasteiger partial charge is 0.380 e. The van der Waals surface area contributed by atoms with Crippen molar-refractivity contribution in [3.05, 3.63) is 35.6 Å².